The fourth-order valence-corrected chi connectivity index (χ4v) is 2.28. The quantitative estimate of drug-likeness (QED) is 0.815. The van der Waals surface area contributed by atoms with Crippen molar-refractivity contribution in [2.24, 2.45) is 5.92 Å². The van der Waals surface area contributed by atoms with Crippen LogP contribution in [0.25, 0.3) is 6.08 Å². The van der Waals surface area contributed by atoms with Crippen LogP contribution in [0.4, 0.5) is 0 Å². The average Bonchev–Trinajstić information content (AvgIpc) is 3.22. The molecule has 2 rings (SSSR count). The van der Waals surface area contributed by atoms with E-state index in [9.17, 15) is 9.59 Å². The van der Waals surface area contributed by atoms with Crippen molar-refractivity contribution in [2.45, 2.75) is 12.8 Å². The summed E-state index contributed by atoms with van der Waals surface area (Å²) in [5, 5.41) is 9.88. The van der Waals surface area contributed by atoms with Crippen LogP contribution in [-0.2, 0) is 9.59 Å². The standard InChI is InChI=1S/C15H15Cl2NO3/c16-12-4-5-13(17)11(7-12)3-6-14(19)18(9-15(20)21)8-10-1-2-10/h3-7,10H,1-2,8-9H2,(H,20,21)/b6-3+. The topological polar surface area (TPSA) is 57.6 Å². The number of nitrogens with zero attached hydrogens (tertiary/aromatic N) is 1. The average molecular weight is 328 g/mol. The zero-order valence-corrected chi connectivity index (χ0v) is 12.8. The van der Waals surface area contributed by atoms with Gasteiger partial charge < -0.3 is 10.0 Å². The summed E-state index contributed by atoms with van der Waals surface area (Å²) in [5.74, 6) is -0.921. The molecule has 1 aromatic carbocycles. The molecule has 1 aliphatic carbocycles. The van der Waals surface area contributed by atoms with Gasteiger partial charge in [0.25, 0.3) is 0 Å². The lowest BCUT2D eigenvalue weighted by molar-refractivity contribution is -0.142. The minimum atomic E-state index is -1.02. The van der Waals surface area contributed by atoms with E-state index in [0.717, 1.165) is 12.8 Å². The Morgan fingerprint density at radius 2 is 2.05 bits per heavy atom. The number of carbonyl (C=O) groups excluding carboxylic acids is 1. The highest BCUT2D eigenvalue weighted by Crippen LogP contribution is 2.29. The zero-order chi connectivity index (χ0) is 15.4. The highest BCUT2D eigenvalue weighted by Gasteiger charge is 2.27. The van der Waals surface area contributed by atoms with Gasteiger partial charge in [-0.25, -0.2) is 0 Å². The highest BCUT2D eigenvalue weighted by molar-refractivity contribution is 6.34. The summed E-state index contributed by atoms with van der Waals surface area (Å²) in [4.78, 5) is 24.3. The van der Waals surface area contributed by atoms with Gasteiger partial charge in [0.15, 0.2) is 0 Å². The Bertz CT molecular complexity index is 582. The van der Waals surface area contributed by atoms with Gasteiger partial charge in [0.2, 0.25) is 5.91 Å². The van der Waals surface area contributed by atoms with Crippen molar-refractivity contribution in [1.82, 2.24) is 4.90 Å². The first-order chi connectivity index (χ1) is 9.95. The second-order valence-electron chi connectivity index (χ2n) is 5.06. The molecule has 112 valence electrons. The maximum Gasteiger partial charge on any atom is 0.323 e. The van der Waals surface area contributed by atoms with Crippen molar-refractivity contribution in [3.05, 3.63) is 39.9 Å². The van der Waals surface area contributed by atoms with Gasteiger partial charge in [-0.1, -0.05) is 23.2 Å². The molecule has 1 amide bonds. The molecule has 1 fully saturated rings. The number of rotatable bonds is 6. The Morgan fingerprint density at radius 3 is 2.67 bits per heavy atom. The smallest absolute Gasteiger partial charge is 0.323 e. The van der Waals surface area contributed by atoms with Crippen molar-refractivity contribution in [2.75, 3.05) is 13.1 Å². The summed E-state index contributed by atoms with van der Waals surface area (Å²) < 4.78 is 0. The molecule has 1 aromatic rings. The molecule has 6 heteroatoms. The number of carboxylic acids is 1. The number of hydrogen-bond acceptors (Lipinski definition) is 2. The molecule has 1 N–H and O–H groups in total. The van der Waals surface area contributed by atoms with Crippen LogP contribution in [0.1, 0.15) is 18.4 Å². The summed E-state index contributed by atoms with van der Waals surface area (Å²) in [6, 6.07) is 4.95. The number of halogens is 2. The molecule has 0 heterocycles. The summed E-state index contributed by atoms with van der Waals surface area (Å²) in [6.07, 6.45) is 4.99. The van der Waals surface area contributed by atoms with Crippen molar-refractivity contribution >= 4 is 41.2 Å². The fraction of sp³-hybridized carbons (Fsp3) is 0.333. The Hall–Kier alpha value is -1.52. The molecule has 21 heavy (non-hydrogen) atoms. The number of hydrogen-bond donors (Lipinski definition) is 1. The molecule has 0 aliphatic heterocycles. The Kier molecular flexibility index (Phi) is 5.26. The zero-order valence-electron chi connectivity index (χ0n) is 11.3. The number of aliphatic carboxylic acids is 1. The largest absolute Gasteiger partial charge is 0.480 e. The molecule has 0 atom stereocenters. The second kappa shape index (κ2) is 6.96. The molecular weight excluding hydrogens is 313 g/mol. The predicted molar refractivity (Wildman–Crippen MR) is 82.4 cm³/mol. The first-order valence-corrected chi connectivity index (χ1v) is 7.35. The van der Waals surface area contributed by atoms with Gasteiger partial charge >= 0.3 is 5.97 Å². The fourth-order valence-electron chi connectivity index (χ4n) is 1.92. The Labute approximate surface area is 133 Å². The van der Waals surface area contributed by atoms with Crippen LogP contribution in [-0.4, -0.2) is 35.0 Å². The van der Waals surface area contributed by atoms with E-state index in [1.54, 1.807) is 24.3 Å². The number of carbonyl (C=O) groups is 2. The van der Waals surface area contributed by atoms with Gasteiger partial charge in [0.1, 0.15) is 6.54 Å². The number of benzene rings is 1. The van der Waals surface area contributed by atoms with Crippen LogP contribution >= 0.6 is 23.2 Å². The van der Waals surface area contributed by atoms with Crippen LogP contribution in [0.5, 0.6) is 0 Å². The van der Waals surface area contributed by atoms with Gasteiger partial charge in [-0.2, -0.15) is 0 Å². The molecule has 0 unspecified atom stereocenters. The highest BCUT2D eigenvalue weighted by atomic mass is 35.5. The molecule has 1 saturated carbocycles. The van der Waals surface area contributed by atoms with Gasteiger partial charge in [-0.15, -0.1) is 0 Å². The SMILES string of the molecule is O=C(O)CN(CC1CC1)C(=O)/C=C/c1cc(Cl)ccc1Cl. The summed E-state index contributed by atoms with van der Waals surface area (Å²) >= 11 is 11.9. The minimum Gasteiger partial charge on any atom is -0.480 e. The molecule has 0 spiro atoms. The Morgan fingerprint density at radius 1 is 1.33 bits per heavy atom. The molecule has 4 nitrogen and oxygen atoms in total. The van der Waals surface area contributed by atoms with Gasteiger partial charge in [-0.05, 0) is 48.6 Å². The van der Waals surface area contributed by atoms with Crippen molar-refractivity contribution < 1.29 is 14.7 Å². The van der Waals surface area contributed by atoms with Gasteiger partial charge in [0.05, 0.1) is 0 Å². The monoisotopic (exact) mass is 327 g/mol. The van der Waals surface area contributed by atoms with E-state index in [1.165, 1.54) is 11.0 Å². The lowest BCUT2D eigenvalue weighted by atomic mass is 10.2. The predicted octanol–water partition coefficient (Wildman–Crippen LogP) is 3.33. The van der Waals surface area contributed by atoms with Crippen molar-refractivity contribution in [3.8, 4) is 0 Å². The molecule has 0 radical (unpaired) electrons. The second-order valence-corrected chi connectivity index (χ2v) is 5.90. The van der Waals surface area contributed by atoms with E-state index in [0.29, 0.717) is 28.1 Å². The van der Waals surface area contributed by atoms with E-state index < -0.39 is 5.97 Å². The summed E-state index contributed by atoms with van der Waals surface area (Å²) in [5.41, 5.74) is 0.624. The molecule has 0 saturated heterocycles. The first kappa shape index (κ1) is 15.9. The summed E-state index contributed by atoms with van der Waals surface area (Å²) in [7, 11) is 0. The third kappa shape index (κ3) is 5.06. The molecule has 1 aliphatic rings. The summed E-state index contributed by atoms with van der Waals surface area (Å²) in [6.45, 7) is 0.196. The first-order valence-electron chi connectivity index (χ1n) is 6.59. The number of carboxylic acid groups (broad SMARTS) is 1. The van der Waals surface area contributed by atoms with Crippen LogP contribution in [0.2, 0.25) is 10.0 Å². The van der Waals surface area contributed by atoms with Crippen LogP contribution in [0, 0.1) is 5.92 Å². The molecule has 0 aromatic heterocycles. The third-order valence-electron chi connectivity index (χ3n) is 3.18. The maximum atomic E-state index is 12.1. The van der Waals surface area contributed by atoms with Crippen molar-refractivity contribution in [1.29, 1.82) is 0 Å². The van der Waals surface area contributed by atoms with Crippen LogP contribution in [0.3, 0.4) is 0 Å². The van der Waals surface area contributed by atoms with E-state index >= 15 is 0 Å². The van der Waals surface area contributed by atoms with Gasteiger partial charge in [-0.3, -0.25) is 9.59 Å². The van der Waals surface area contributed by atoms with Gasteiger partial charge in [0, 0.05) is 22.7 Å². The third-order valence-corrected chi connectivity index (χ3v) is 3.76. The van der Waals surface area contributed by atoms with E-state index in [4.69, 9.17) is 28.3 Å². The van der Waals surface area contributed by atoms with Crippen molar-refractivity contribution in [3.63, 3.8) is 0 Å². The maximum absolute atomic E-state index is 12.1. The lowest BCUT2D eigenvalue weighted by Gasteiger charge is -2.18. The molecule has 0 bridgehead atoms. The normalized spacial score (nSPS) is 14.4. The van der Waals surface area contributed by atoms with Crippen LogP contribution < -0.4 is 0 Å². The minimum absolute atomic E-state index is 0.289. The van der Waals surface area contributed by atoms with E-state index in [2.05, 4.69) is 0 Å². The molecular formula is C15H15Cl2NO3. The Balaban J connectivity index is 2.07. The lowest BCUT2D eigenvalue weighted by Crippen LogP contribution is -2.36. The van der Waals surface area contributed by atoms with E-state index in [-0.39, 0.29) is 12.5 Å². The van der Waals surface area contributed by atoms with Crippen LogP contribution in [0.15, 0.2) is 24.3 Å². The van der Waals surface area contributed by atoms with E-state index in [1.807, 2.05) is 0 Å². The number of amides is 1.